The first-order valence-electron chi connectivity index (χ1n) is 5.89. The fourth-order valence-electron chi connectivity index (χ4n) is 1.89. The number of ether oxygens (including phenoxy) is 1. The number of aromatic nitrogens is 1. The van der Waals surface area contributed by atoms with E-state index in [9.17, 15) is 9.18 Å². The molecule has 98 valence electrons. The minimum Gasteiger partial charge on any atom is -0.496 e. The molecule has 0 radical (unpaired) electrons. The number of carbonyl (C=O) groups excluding carboxylic acids is 1. The largest absolute Gasteiger partial charge is 0.496 e. The Labute approximate surface area is 111 Å². The van der Waals surface area contributed by atoms with Gasteiger partial charge in [-0.2, -0.15) is 0 Å². The molecule has 1 aromatic heterocycles. The Balaban J connectivity index is 2.29. The summed E-state index contributed by atoms with van der Waals surface area (Å²) in [6.45, 7) is 1.93. The molecule has 4 heteroatoms. The number of carbonyl (C=O) groups is 1. The highest BCUT2D eigenvalue weighted by Gasteiger charge is 2.15. The number of Topliss-reactive ketones (excluding diaryl/α,β-unsaturated/α-hetero) is 1. The number of halogens is 1. The first kappa shape index (κ1) is 13.2. The first-order valence-corrected chi connectivity index (χ1v) is 5.89. The van der Waals surface area contributed by atoms with Crippen LogP contribution in [-0.2, 0) is 6.42 Å². The van der Waals surface area contributed by atoms with E-state index in [0.29, 0.717) is 5.75 Å². The molecule has 2 rings (SSSR count). The lowest BCUT2D eigenvalue weighted by molar-refractivity contribution is 0.0983. The van der Waals surface area contributed by atoms with Crippen molar-refractivity contribution in [2.45, 2.75) is 13.3 Å². The molecule has 0 amide bonds. The molecule has 0 aliphatic rings. The Kier molecular flexibility index (Phi) is 3.90. The second-order valence-electron chi connectivity index (χ2n) is 4.25. The van der Waals surface area contributed by atoms with Crippen molar-refractivity contribution in [3.63, 3.8) is 0 Å². The molecule has 1 heterocycles. The number of ketones is 1. The van der Waals surface area contributed by atoms with Crippen LogP contribution in [0.3, 0.4) is 0 Å². The van der Waals surface area contributed by atoms with E-state index in [1.807, 2.05) is 19.1 Å². The summed E-state index contributed by atoms with van der Waals surface area (Å²) in [5.41, 5.74) is 1.62. The predicted molar refractivity (Wildman–Crippen MR) is 70.0 cm³/mol. The molecule has 0 spiro atoms. The Morgan fingerprint density at radius 3 is 2.84 bits per heavy atom. The molecule has 0 bridgehead atoms. The van der Waals surface area contributed by atoms with Gasteiger partial charge in [0.15, 0.2) is 11.6 Å². The van der Waals surface area contributed by atoms with Gasteiger partial charge in [-0.15, -0.1) is 0 Å². The molecular formula is C15H14FNO2. The molecule has 2 aromatic rings. The molecule has 0 unspecified atom stereocenters. The zero-order valence-electron chi connectivity index (χ0n) is 10.8. The van der Waals surface area contributed by atoms with Gasteiger partial charge < -0.3 is 4.74 Å². The molecule has 1 aromatic carbocycles. The zero-order valence-corrected chi connectivity index (χ0v) is 10.8. The standard InChI is InChI=1S/C15H14FNO2/c1-10-5-6-14(19-2)11(8-10)9-13(18)15-12(16)4-3-7-17-15/h3-8H,9H2,1-2H3. The molecule has 0 saturated carbocycles. The van der Waals surface area contributed by atoms with Crippen molar-refractivity contribution in [1.82, 2.24) is 4.98 Å². The van der Waals surface area contributed by atoms with Crippen molar-refractivity contribution in [3.05, 3.63) is 59.2 Å². The van der Waals surface area contributed by atoms with Crippen LogP contribution < -0.4 is 4.74 Å². The summed E-state index contributed by atoms with van der Waals surface area (Å²) < 4.78 is 18.7. The van der Waals surface area contributed by atoms with Crippen LogP contribution >= 0.6 is 0 Å². The lowest BCUT2D eigenvalue weighted by atomic mass is 10.0. The van der Waals surface area contributed by atoms with E-state index in [4.69, 9.17) is 4.74 Å². The van der Waals surface area contributed by atoms with Gasteiger partial charge in [0, 0.05) is 18.2 Å². The number of benzene rings is 1. The van der Waals surface area contributed by atoms with Crippen molar-refractivity contribution in [2.24, 2.45) is 0 Å². The van der Waals surface area contributed by atoms with Gasteiger partial charge in [0.2, 0.25) is 0 Å². The normalized spacial score (nSPS) is 10.3. The average Bonchev–Trinajstić information content (AvgIpc) is 2.39. The van der Waals surface area contributed by atoms with E-state index in [0.717, 1.165) is 11.1 Å². The molecule has 3 nitrogen and oxygen atoms in total. The number of rotatable bonds is 4. The lowest BCUT2D eigenvalue weighted by Crippen LogP contribution is -2.09. The van der Waals surface area contributed by atoms with E-state index in [1.165, 1.54) is 18.3 Å². The zero-order chi connectivity index (χ0) is 13.8. The smallest absolute Gasteiger partial charge is 0.188 e. The Bertz CT molecular complexity index is 611. The number of hydrogen-bond donors (Lipinski definition) is 0. The summed E-state index contributed by atoms with van der Waals surface area (Å²) in [6.07, 6.45) is 1.47. The van der Waals surface area contributed by atoms with E-state index >= 15 is 0 Å². The lowest BCUT2D eigenvalue weighted by Gasteiger charge is -2.09. The van der Waals surface area contributed by atoms with Crippen LogP contribution in [0.5, 0.6) is 5.75 Å². The van der Waals surface area contributed by atoms with E-state index < -0.39 is 5.82 Å². The molecule has 0 aliphatic carbocycles. The summed E-state index contributed by atoms with van der Waals surface area (Å²) >= 11 is 0. The van der Waals surface area contributed by atoms with E-state index in [-0.39, 0.29) is 17.9 Å². The highest BCUT2D eigenvalue weighted by molar-refractivity contribution is 5.96. The van der Waals surface area contributed by atoms with Crippen LogP contribution in [0.4, 0.5) is 4.39 Å². The van der Waals surface area contributed by atoms with Crippen LogP contribution in [0.15, 0.2) is 36.5 Å². The maximum atomic E-state index is 13.5. The average molecular weight is 259 g/mol. The summed E-state index contributed by atoms with van der Waals surface area (Å²) in [7, 11) is 1.54. The van der Waals surface area contributed by atoms with Gasteiger partial charge in [-0.1, -0.05) is 17.7 Å². The monoisotopic (exact) mass is 259 g/mol. The van der Waals surface area contributed by atoms with E-state index in [1.54, 1.807) is 13.2 Å². The number of nitrogens with zero attached hydrogens (tertiary/aromatic N) is 1. The van der Waals surface area contributed by atoms with Gasteiger partial charge in [0.1, 0.15) is 11.4 Å². The quantitative estimate of drug-likeness (QED) is 0.792. The van der Waals surface area contributed by atoms with E-state index in [2.05, 4.69) is 4.98 Å². The molecule has 0 atom stereocenters. The third kappa shape index (κ3) is 2.96. The molecule has 19 heavy (non-hydrogen) atoms. The van der Waals surface area contributed by atoms with Gasteiger partial charge >= 0.3 is 0 Å². The molecule has 0 aliphatic heterocycles. The summed E-state index contributed by atoms with van der Waals surface area (Å²) in [5, 5.41) is 0. The van der Waals surface area contributed by atoms with Gasteiger partial charge in [-0.05, 0) is 25.1 Å². The third-order valence-electron chi connectivity index (χ3n) is 2.81. The number of pyridine rings is 1. The van der Waals surface area contributed by atoms with Gasteiger partial charge in [0.05, 0.1) is 7.11 Å². The summed E-state index contributed by atoms with van der Waals surface area (Å²) in [5.74, 6) is -0.337. The SMILES string of the molecule is COc1ccc(C)cc1CC(=O)c1ncccc1F. The fourth-order valence-corrected chi connectivity index (χ4v) is 1.89. The fraction of sp³-hybridized carbons (Fsp3) is 0.200. The van der Waals surface area contributed by atoms with Crippen LogP contribution in [0.2, 0.25) is 0 Å². The van der Waals surface area contributed by atoms with Crippen molar-refractivity contribution >= 4 is 5.78 Å². The molecule has 0 N–H and O–H groups in total. The predicted octanol–water partition coefficient (Wildman–Crippen LogP) is 2.96. The number of hydrogen-bond acceptors (Lipinski definition) is 3. The molecule has 0 fully saturated rings. The minimum absolute atomic E-state index is 0.0682. The van der Waals surface area contributed by atoms with Crippen LogP contribution in [0.25, 0.3) is 0 Å². The summed E-state index contributed by atoms with van der Waals surface area (Å²) in [6, 6.07) is 8.24. The summed E-state index contributed by atoms with van der Waals surface area (Å²) in [4.78, 5) is 15.8. The van der Waals surface area contributed by atoms with Crippen molar-refractivity contribution < 1.29 is 13.9 Å². The number of methoxy groups -OCH3 is 1. The Morgan fingerprint density at radius 2 is 2.16 bits per heavy atom. The maximum absolute atomic E-state index is 13.5. The van der Waals surface area contributed by atoms with Gasteiger partial charge in [-0.25, -0.2) is 4.39 Å². The van der Waals surface area contributed by atoms with Gasteiger partial charge in [0.25, 0.3) is 0 Å². The molecule has 0 saturated heterocycles. The second-order valence-corrected chi connectivity index (χ2v) is 4.25. The Hall–Kier alpha value is -2.23. The first-order chi connectivity index (χ1) is 9.11. The van der Waals surface area contributed by atoms with Crippen LogP contribution in [0, 0.1) is 12.7 Å². The maximum Gasteiger partial charge on any atom is 0.188 e. The van der Waals surface area contributed by atoms with Crippen LogP contribution in [0.1, 0.15) is 21.6 Å². The minimum atomic E-state index is -0.598. The van der Waals surface area contributed by atoms with Gasteiger partial charge in [-0.3, -0.25) is 9.78 Å². The van der Waals surface area contributed by atoms with Crippen LogP contribution in [-0.4, -0.2) is 17.9 Å². The Morgan fingerprint density at radius 1 is 1.37 bits per heavy atom. The highest BCUT2D eigenvalue weighted by Crippen LogP contribution is 2.21. The molecular weight excluding hydrogens is 245 g/mol. The van der Waals surface area contributed by atoms with Crippen molar-refractivity contribution in [1.29, 1.82) is 0 Å². The van der Waals surface area contributed by atoms with Crippen molar-refractivity contribution in [2.75, 3.05) is 7.11 Å². The van der Waals surface area contributed by atoms with Crippen molar-refractivity contribution in [3.8, 4) is 5.75 Å². The number of aryl methyl sites for hydroxylation is 1. The highest BCUT2D eigenvalue weighted by atomic mass is 19.1. The third-order valence-corrected chi connectivity index (χ3v) is 2.81. The topological polar surface area (TPSA) is 39.2 Å². The second kappa shape index (κ2) is 5.61.